The summed E-state index contributed by atoms with van der Waals surface area (Å²) < 4.78 is 11.1. The molecular formula is C16H19NO3. The van der Waals surface area contributed by atoms with Gasteiger partial charge in [-0.2, -0.15) is 0 Å². The molecule has 0 aliphatic carbocycles. The van der Waals surface area contributed by atoms with Crippen LogP contribution in [0.1, 0.15) is 35.4 Å². The second-order valence-corrected chi connectivity index (χ2v) is 5.29. The number of methoxy groups -OCH3 is 1. The third kappa shape index (κ3) is 2.15. The van der Waals surface area contributed by atoms with E-state index in [9.17, 15) is 4.79 Å². The minimum Gasteiger partial charge on any atom is -0.493 e. The number of piperidine rings is 1. The fourth-order valence-corrected chi connectivity index (χ4v) is 2.75. The number of carbonyl (C=O) groups is 1. The van der Waals surface area contributed by atoms with E-state index < -0.39 is 0 Å². The number of rotatable bonds is 2. The molecule has 0 saturated carbocycles. The van der Waals surface area contributed by atoms with Crippen molar-refractivity contribution >= 4 is 16.9 Å². The molecular weight excluding hydrogens is 254 g/mol. The summed E-state index contributed by atoms with van der Waals surface area (Å²) in [5.41, 5.74) is 1.75. The van der Waals surface area contributed by atoms with E-state index in [4.69, 9.17) is 9.15 Å². The Morgan fingerprint density at radius 2 is 2.00 bits per heavy atom. The minimum absolute atomic E-state index is 0.0117. The highest BCUT2D eigenvalue weighted by Gasteiger charge is 2.22. The Morgan fingerprint density at radius 1 is 1.25 bits per heavy atom. The van der Waals surface area contributed by atoms with Crippen molar-refractivity contribution in [1.82, 2.24) is 4.90 Å². The monoisotopic (exact) mass is 273 g/mol. The lowest BCUT2D eigenvalue weighted by Crippen LogP contribution is -2.35. The molecule has 1 aromatic heterocycles. The lowest BCUT2D eigenvalue weighted by Gasteiger charge is -2.25. The minimum atomic E-state index is -0.0117. The van der Waals surface area contributed by atoms with Gasteiger partial charge in [0.15, 0.2) is 17.1 Å². The maximum absolute atomic E-state index is 12.5. The SMILES string of the molecule is COc1ccc(C)c2cc(C(=O)N3CCCCC3)oc12. The van der Waals surface area contributed by atoms with Crippen molar-refractivity contribution in [1.29, 1.82) is 0 Å². The van der Waals surface area contributed by atoms with E-state index in [0.29, 0.717) is 17.1 Å². The Bertz CT molecular complexity index is 638. The average molecular weight is 273 g/mol. The lowest BCUT2D eigenvalue weighted by molar-refractivity contribution is 0.0694. The van der Waals surface area contributed by atoms with Crippen molar-refractivity contribution < 1.29 is 13.9 Å². The predicted molar refractivity (Wildman–Crippen MR) is 77.3 cm³/mol. The van der Waals surface area contributed by atoms with Crippen LogP contribution in [0.4, 0.5) is 0 Å². The number of fused-ring (bicyclic) bond motifs is 1. The number of nitrogens with zero attached hydrogens (tertiary/aromatic N) is 1. The van der Waals surface area contributed by atoms with Crippen molar-refractivity contribution in [2.45, 2.75) is 26.2 Å². The molecule has 0 radical (unpaired) electrons. The predicted octanol–water partition coefficient (Wildman–Crippen LogP) is 3.38. The molecule has 1 aliphatic rings. The van der Waals surface area contributed by atoms with E-state index in [1.807, 2.05) is 30.0 Å². The zero-order valence-electron chi connectivity index (χ0n) is 11.9. The number of benzene rings is 1. The van der Waals surface area contributed by atoms with Crippen LogP contribution in [0.3, 0.4) is 0 Å². The average Bonchev–Trinajstić information content (AvgIpc) is 2.94. The Labute approximate surface area is 118 Å². The smallest absolute Gasteiger partial charge is 0.289 e. The van der Waals surface area contributed by atoms with Crippen LogP contribution in [0, 0.1) is 6.92 Å². The standard InChI is InChI=1S/C16H19NO3/c1-11-6-7-13(19-2)15-12(11)10-14(20-15)16(18)17-8-4-3-5-9-17/h6-7,10H,3-5,8-9H2,1-2H3. The molecule has 0 N–H and O–H groups in total. The second kappa shape index (κ2) is 5.19. The fraction of sp³-hybridized carbons (Fsp3) is 0.438. The first-order valence-corrected chi connectivity index (χ1v) is 7.07. The van der Waals surface area contributed by atoms with Crippen molar-refractivity contribution in [3.8, 4) is 5.75 Å². The molecule has 20 heavy (non-hydrogen) atoms. The molecule has 2 aromatic rings. The van der Waals surface area contributed by atoms with Crippen LogP contribution in [0.5, 0.6) is 5.75 Å². The molecule has 1 aliphatic heterocycles. The van der Waals surface area contributed by atoms with Crippen molar-refractivity contribution in [3.05, 3.63) is 29.5 Å². The van der Waals surface area contributed by atoms with Crippen LogP contribution < -0.4 is 4.74 Å². The second-order valence-electron chi connectivity index (χ2n) is 5.29. The molecule has 1 aromatic carbocycles. The van der Waals surface area contributed by atoms with Gasteiger partial charge in [0.05, 0.1) is 7.11 Å². The number of amides is 1. The van der Waals surface area contributed by atoms with E-state index in [2.05, 4.69) is 0 Å². The molecule has 0 spiro atoms. The van der Waals surface area contributed by atoms with E-state index >= 15 is 0 Å². The van der Waals surface area contributed by atoms with Crippen LogP contribution in [0.15, 0.2) is 22.6 Å². The number of ether oxygens (including phenoxy) is 1. The van der Waals surface area contributed by atoms with E-state index in [1.165, 1.54) is 6.42 Å². The summed E-state index contributed by atoms with van der Waals surface area (Å²) in [5.74, 6) is 1.07. The first kappa shape index (κ1) is 13.0. The quantitative estimate of drug-likeness (QED) is 0.842. The Balaban J connectivity index is 1.99. The fourth-order valence-electron chi connectivity index (χ4n) is 2.75. The number of likely N-dealkylation sites (tertiary alicyclic amines) is 1. The Kier molecular flexibility index (Phi) is 3.38. The molecule has 1 amide bonds. The van der Waals surface area contributed by atoms with Crippen LogP contribution in [0.25, 0.3) is 11.0 Å². The van der Waals surface area contributed by atoms with Gasteiger partial charge in [-0.15, -0.1) is 0 Å². The number of furan rings is 1. The van der Waals surface area contributed by atoms with Gasteiger partial charge in [0.2, 0.25) is 0 Å². The van der Waals surface area contributed by atoms with Gasteiger partial charge in [0, 0.05) is 18.5 Å². The van der Waals surface area contributed by atoms with Gasteiger partial charge in [-0.05, 0) is 43.9 Å². The molecule has 2 heterocycles. The molecule has 4 heteroatoms. The van der Waals surface area contributed by atoms with Gasteiger partial charge in [0.1, 0.15) is 0 Å². The summed E-state index contributed by atoms with van der Waals surface area (Å²) in [5, 5.41) is 0.949. The summed E-state index contributed by atoms with van der Waals surface area (Å²) in [6.07, 6.45) is 3.36. The zero-order chi connectivity index (χ0) is 14.1. The van der Waals surface area contributed by atoms with Gasteiger partial charge in [-0.25, -0.2) is 0 Å². The first-order chi connectivity index (χ1) is 9.70. The van der Waals surface area contributed by atoms with Gasteiger partial charge >= 0.3 is 0 Å². The molecule has 1 fully saturated rings. The molecule has 0 atom stereocenters. The van der Waals surface area contributed by atoms with E-state index in [-0.39, 0.29) is 5.91 Å². The largest absolute Gasteiger partial charge is 0.493 e. The number of hydrogen-bond acceptors (Lipinski definition) is 3. The summed E-state index contributed by atoms with van der Waals surface area (Å²) in [6.45, 7) is 3.66. The zero-order valence-corrected chi connectivity index (χ0v) is 11.9. The molecule has 0 unspecified atom stereocenters. The third-order valence-corrected chi connectivity index (χ3v) is 3.94. The van der Waals surface area contributed by atoms with Crippen molar-refractivity contribution in [2.75, 3.05) is 20.2 Å². The van der Waals surface area contributed by atoms with Crippen LogP contribution >= 0.6 is 0 Å². The lowest BCUT2D eigenvalue weighted by atomic mass is 10.1. The number of hydrogen-bond donors (Lipinski definition) is 0. The van der Waals surface area contributed by atoms with Crippen LogP contribution in [-0.4, -0.2) is 31.0 Å². The summed E-state index contributed by atoms with van der Waals surface area (Å²) >= 11 is 0. The summed E-state index contributed by atoms with van der Waals surface area (Å²) in [6, 6.07) is 5.69. The number of carbonyl (C=O) groups excluding carboxylic acids is 1. The highest BCUT2D eigenvalue weighted by Crippen LogP contribution is 2.31. The Morgan fingerprint density at radius 3 is 2.70 bits per heavy atom. The summed E-state index contributed by atoms with van der Waals surface area (Å²) in [7, 11) is 1.61. The van der Waals surface area contributed by atoms with Crippen molar-refractivity contribution in [3.63, 3.8) is 0 Å². The highest BCUT2D eigenvalue weighted by atomic mass is 16.5. The molecule has 3 rings (SSSR count). The first-order valence-electron chi connectivity index (χ1n) is 7.07. The molecule has 4 nitrogen and oxygen atoms in total. The van der Waals surface area contributed by atoms with Gasteiger partial charge in [-0.1, -0.05) is 6.07 Å². The number of aryl methyl sites for hydroxylation is 1. The van der Waals surface area contributed by atoms with Gasteiger partial charge < -0.3 is 14.1 Å². The maximum Gasteiger partial charge on any atom is 0.289 e. The molecule has 1 saturated heterocycles. The van der Waals surface area contributed by atoms with Crippen molar-refractivity contribution in [2.24, 2.45) is 0 Å². The van der Waals surface area contributed by atoms with Crippen LogP contribution in [0.2, 0.25) is 0 Å². The Hall–Kier alpha value is -1.97. The van der Waals surface area contributed by atoms with Gasteiger partial charge in [0.25, 0.3) is 5.91 Å². The highest BCUT2D eigenvalue weighted by molar-refractivity contribution is 5.98. The van der Waals surface area contributed by atoms with E-state index in [0.717, 1.165) is 36.9 Å². The molecule has 0 bridgehead atoms. The maximum atomic E-state index is 12.5. The topological polar surface area (TPSA) is 42.7 Å². The van der Waals surface area contributed by atoms with Crippen LogP contribution in [-0.2, 0) is 0 Å². The van der Waals surface area contributed by atoms with Gasteiger partial charge in [-0.3, -0.25) is 4.79 Å². The normalized spacial score (nSPS) is 15.6. The van der Waals surface area contributed by atoms with E-state index in [1.54, 1.807) is 7.11 Å². The molecule has 106 valence electrons. The summed E-state index contributed by atoms with van der Waals surface area (Å²) in [4.78, 5) is 14.3. The third-order valence-electron chi connectivity index (χ3n) is 3.94.